The first-order chi connectivity index (χ1) is 19.1. The second-order valence-electron chi connectivity index (χ2n) is 10.5. The number of piperazine rings is 1. The van der Waals surface area contributed by atoms with E-state index in [1.54, 1.807) is 6.08 Å². The summed E-state index contributed by atoms with van der Waals surface area (Å²) < 4.78 is 0. The second kappa shape index (κ2) is 13.3. The smallest absolute Gasteiger partial charge is 0.253 e. The molecule has 1 aliphatic carbocycles. The summed E-state index contributed by atoms with van der Waals surface area (Å²) in [5, 5.41) is 6.22. The molecule has 0 atom stereocenters. The van der Waals surface area contributed by atoms with Crippen LogP contribution >= 0.6 is 0 Å². The van der Waals surface area contributed by atoms with E-state index in [0.29, 0.717) is 11.3 Å². The maximum Gasteiger partial charge on any atom is 0.253 e. The van der Waals surface area contributed by atoms with Crippen LogP contribution in [0.15, 0.2) is 84.9 Å². The van der Waals surface area contributed by atoms with Crippen LogP contribution < -0.4 is 15.5 Å². The normalized spacial score (nSPS) is 16.8. The van der Waals surface area contributed by atoms with Gasteiger partial charge >= 0.3 is 0 Å². The number of rotatable bonds is 8. The van der Waals surface area contributed by atoms with Crippen molar-refractivity contribution < 1.29 is 9.59 Å². The molecule has 2 fully saturated rings. The van der Waals surface area contributed by atoms with Crippen LogP contribution in [0.5, 0.6) is 0 Å². The van der Waals surface area contributed by atoms with E-state index >= 15 is 0 Å². The monoisotopic (exact) mass is 522 g/mol. The van der Waals surface area contributed by atoms with Crippen LogP contribution in [0, 0.1) is 0 Å². The van der Waals surface area contributed by atoms with E-state index < -0.39 is 0 Å². The molecule has 1 saturated carbocycles. The number of hydrogen-bond acceptors (Lipinski definition) is 4. The van der Waals surface area contributed by atoms with Gasteiger partial charge in [0, 0.05) is 56.2 Å². The molecule has 6 heteroatoms. The molecular formula is C33H38N4O2. The lowest BCUT2D eigenvalue weighted by atomic mass is 9.95. The topological polar surface area (TPSA) is 64.7 Å². The number of nitrogens with zero attached hydrogens (tertiary/aromatic N) is 2. The van der Waals surface area contributed by atoms with Gasteiger partial charge in [-0.05, 0) is 48.2 Å². The van der Waals surface area contributed by atoms with E-state index in [0.717, 1.165) is 69.7 Å². The van der Waals surface area contributed by atoms with Gasteiger partial charge in [-0.1, -0.05) is 79.9 Å². The summed E-state index contributed by atoms with van der Waals surface area (Å²) in [6, 6.07) is 26.2. The van der Waals surface area contributed by atoms with Gasteiger partial charge in [-0.3, -0.25) is 14.5 Å². The third-order valence-corrected chi connectivity index (χ3v) is 7.64. The molecule has 3 aromatic rings. The van der Waals surface area contributed by atoms with Crippen LogP contribution in [0.25, 0.3) is 6.08 Å². The largest absolute Gasteiger partial charge is 0.368 e. The van der Waals surface area contributed by atoms with Crippen molar-refractivity contribution in [3.8, 4) is 0 Å². The minimum Gasteiger partial charge on any atom is -0.368 e. The van der Waals surface area contributed by atoms with E-state index in [9.17, 15) is 9.59 Å². The van der Waals surface area contributed by atoms with Crippen molar-refractivity contribution in [3.63, 3.8) is 0 Å². The van der Waals surface area contributed by atoms with Gasteiger partial charge in [-0.25, -0.2) is 0 Å². The highest BCUT2D eigenvalue weighted by Gasteiger charge is 2.24. The molecule has 5 rings (SSSR count). The number of amides is 2. The minimum atomic E-state index is -0.222. The summed E-state index contributed by atoms with van der Waals surface area (Å²) >= 11 is 0. The van der Waals surface area contributed by atoms with Gasteiger partial charge in [0.1, 0.15) is 0 Å². The molecule has 0 radical (unpaired) electrons. The van der Waals surface area contributed by atoms with Gasteiger partial charge in [0.2, 0.25) is 5.91 Å². The van der Waals surface area contributed by atoms with Crippen molar-refractivity contribution in [2.24, 2.45) is 0 Å². The van der Waals surface area contributed by atoms with Crippen molar-refractivity contribution in [1.82, 2.24) is 10.2 Å². The lowest BCUT2D eigenvalue weighted by Crippen LogP contribution is -2.46. The highest BCUT2D eigenvalue weighted by Crippen LogP contribution is 2.27. The van der Waals surface area contributed by atoms with Crippen LogP contribution in [0.4, 0.5) is 11.4 Å². The Morgan fingerprint density at radius 1 is 0.821 bits per heavy atom. The Balaban J connectivity index is 1.29. The van der Waals surface area contributed by atoms with E-state index in [-0.39, 0.29) is 17.9 Å². The zero-order valence-electron chi connectivity index (χ0n) is 22.5. The Labute approximate surface area is 231 Å². The molecule has 6 nitrogen and oxygen atoms in total. The van der Waals surface area contributed by atoms with Crippen LogP contribution in [-0.2, 0) is 11.3 Å². The number of carbonyl (C=O) groups is 2. The summed E-state index contributed by atoms with van der Waals surface area (Å²) in [5.41, 5.74) is 4.46. The van der Waals surface area contributed by atoms with E-state index in [4.69, 9.17) is 0 Å². The fraction of sp³-hybridized carbons (Fsp3) is 0.333. The molecule has 0 unspecified atom stereocenters. The minimum absolute atomic E-state index is 0.0560. The molecule has 1 heterocycles. The molecule has 2 N–H and O–H groups in total. The van der Waals surface area contributed by atoms with Crippen molar-refractivity contribution in [2.75, 3.05) is 36.4 Å². The number of hydrogen-bond donors (Lipinski definition) is 2. The maximum atomic E-state index is 13.6. The van der Waals surface area contributed by atoms with E-state index in [1.807, 2.05) is 54.6 Å². The maximum absolute atomic E-state index is 13.6. The Hall–Kier alpha value is -3.90. The van der Waals surface area contributed by atoms with Crippen LogP contribution in [0.2, 0.25) is 0 Å². The summed E-state index contributed by atoms with van der Waals surface area (Å²) in [7, 11) is 0. The van der Waals surface area contributed by atoms with Crippen molar-refractivity contribution in [2.45, 2.75) is 44.7 Å². The van der Waals surface area contributed by atoms with Crippen LogP contribution in [0.1, 0.15) is 53.6 Å². The predicted molar refractivity (Wildman–Crippen MR) is 159 cm³/mol. The van der Waals surface area contributed by atoms with E-state index in [2.05, 4.69) is 44.7 Å². The quantitative estimate of drug-likeness (QED) is 0.371. The highest BCUT2D eigenvalue weighted by atomic mass is 16.2. The first-order valence-corrected chi connectivity index (χ1v) is 14.1. The standard InChI is InChI=1S/C33H38N4O2/c38-32(19-16-26-10-4-1-5-11-26)34-29-17-18-31(30(24-29)33(39)35-28-14-8-3-9-15-28)37-22-20-36(21-23-37)25-27-12-6-2-7-13-27/h1-2,4-7,10-13,16-19,24,28H,3,8-9,14-15,20-23,25H2,(H,34,38)(H,35,39). The zero-order valence-corrected chi connectivity index (χ0v) is 22.5. The first-order valence-electron chi connectivity index (χ1n) is 14.1. The average Bonchev–Trinajstić information content (AvgIpc) is 2.98. The fourth-order valence-electron chi connectivity index (χ4n) is 5.49. The number of benzene rings is 3. The lowest BCUT2D eigenvalue weighted by molar-refractivity contribution is -0.111. The number of anilines is 2. The summed E-state index contributed by atoms with van der Waals surface area (Å²) in [6.07, 6.45) is 8.92. The molecule has 0 spiro atoms. The van der Waals surface area contributed by atoms with Gasteiger partial charge in [0.25, 0.3) is 5.91 Å². The molecule has 0 aromatic heterocycles. The number of carbonyl (C=O) groups excluding carboxylic acids is 2. The van der Waals surface area contributed by atoms with Crippen LogP contribution in [-0.4, -0.2) is 48.9 Å². The summed E-state index contributed by atoms with van der Waals surface area (Å²) in [4.78, 5) is 31.0. The SMILES string of the molecule is O=C(C=Cc1ccccc1)Nc1ccc(N2CCN(Cc3ccccc3)CC2)c(C(=O)NC2CCCCC2)c1. The van der Waals surface area contributed by atoms with Gasteiger partial charge in [0.05, 0.1) is 5.56 Å². The highest BCUT2D eigenvalue weighted by molar-refractivity contribution is 6.05. The first kappa shape index (κ1) is 26.7. The Morgan fingerprint density at radius 3 is 2.23 bits per heavy atom. The zero-order chi connectivity index (χ0) is 26.9. The molecular weight excluding hydrogens is 484 g/mol. The Bertz CT molecular complexity index is 1260. The molecule has 2 amide bonds. The summed E-state index contributed by atoms with van der Waals surface area (Å²) in [5.74, 6) is -0.278. The Morgan fingerprint density at radius 2 is 1.51 bits per heavy atom. The molecule has 3 aromatic carbocycles. The van der Waals surface area contributed by atoms with Crippen molar-refractivity contribution in [1.29, 1.82) is 0 Å². The van der Waals surface area contributed by atoms with Crippen molar-refractivity contribution in [3.05, 3.63) is 102 Å². The number of nitrogens with one attached hydrogen (secondary N) is 2. The van der Waals surface area contributed by atoms with Gasteiger partial charge in [-0.15, -0.1) is 0 Å². The molecule has 2 aliphatic rings. The lowest BCUT2D eigenvalue weighted by Gasteiger charge is -2.37. The van der Waals surface area contributed by atoms with Gasteiger partial charge in [-0.2, -0.15) is 0 Å². The van der Waals surface area contributed by atoms with Gasteiger partial charge < -0.3 is 15.5 Å². The molecule has 0 bridgehead atoms. The second-order valence-corrected chi connectivity index (χ2v) is 10.5. The average molecular weight is 523 g/mol. The molecule has 1 aliphatic heterocycles. The fourth-order valence-corrected chi connectivity index (χ4v) is 5.49. The third kappa shape index (κ3) is 7.58. The Kier molecular flexibility index (Phi) is 9.07. The predicted octanol–water partition coefficient (Wildman–Crippen LogP) is 5.72. The molecule has 39 heavy (non-hydrogen) atoms. The van der Waals surface area contributed by atoms with Gasteiger partial charge in [0.15, 0.2) is 0 Å². The van der Waals surface area contributed by atoms with E-state index in [1.165, 1.54) is 18.1 Å². The summed E-state index contributed by atoms with van der Waals surface area (Å²) in [6.45, 7) is 4.50. The van der Waals surface area contributed by atoms with Crippen molar-refractivity contribution >= 4 is 29.3 Å². The third-order valence-electron chi connectivity index (χ3n) is 7.64. The molecule has 202 valence electrons. The van der Waals surface area contributed by atoms with Crippen LogP contribution in [0.3, 0.4) is 0 Å². The molecule has 1 saturated heterocycles.